The molecule has 1 unspecified atom stereocenters. The number of benzene rings is 3. The quantitative estimate of drug-likeness (QED) is 0.429. The van der Waals surface area contributed by atoms with Crippen molar-refractivity contribution in [2.24, 2.45) is 0 Å². The van der Waals surface area contributed by atoms with E-state index in [0.29, 0.717) is 23.1 Å². The zero-order valence-electron chi connectivity index (χ0n) is 15.3. The van der Waals surface area contributed by atoms with E-state index in [1.165, 1.54) is 0 Å². The van der Waals surface area contributed by atoms with E-state index in [2.05, 4.69) is 15.9 Å². The number of nitrogens with zero attached hydrogens (tertiary/aromatic N) is 1. The van der Waals surface area contributed by atoms with Gasteiger partial charge in [0.2, 0.25) is 5.76 Å². The first-order chi connectivity index (χ1) is 14.1. The van der Waals surface area contributed by atoms with Crippen LogP contribution in [0.2, 0.25) is 0 Å². The van der Waals surface area contributed by atoms with E-state index in [0.717, 1.165) is 15.6 Å². The second-order valence-electron chi connectivity index (χ2n) is 7.05. The molecule has 0 bridgehead atoms. The molecule has 0 saturated carbocycles. The highest BCUT2D eigenvalue weighted by molar-refractivity contribution is 9.10. The molecule has 2 heterocycles. The third-order valence-electron chi connectivity index (χ3n) is 5.23. The molecule has 5 heteroatoms. The molecule has 1 aromatic heterocycles. The summed E-state index contributed by atoms with van der Waals surface area (Å²) in [4.78, 5) is 28.4. The Kier molecular flexibility index (Phi) is 4.32. The van der Waals surface area contributed by atoms with E-state index in [9.17, 15) is 9.59 Å². The van der Waals surface area contributed by atoms with Crippen molar-refractivity contribution in [3.63, 3.8) is 0 Å². The fourth-order valence-corrected chi connectivity index (χ4v) is 4.35. The van der Waals surface area contributed by atoms with Gasteiger partial charge in [0.15, 0.2) is 5.43 Å². The maximum absolute atomic E-state index is 13.4. The van der Waals surface area contributed by atoms with Gasteiger partial charge in [0, 0.05) is 11.0 Å². The average Bonchev–Trinajstić information content (AvgIpc) is 3.01. The lowest BCUT2D eigenvalue weighted by Gasteiger charge is -2.25. The number of amides is 1. The summed E-state index contributed by atoms with van der Waals surface area (Å²) in [6.45, 7) is 0.386. The van der Waals surface area contributed by atoms with Crippen LogP contribution in [0.25, 0.3) is 11.0 Å². The Morgan fingerprint density at radius 3 is 2.45 bits per heavy atom. The van der Waals surface area contributed by atoms with Crippen LogP contribution in [0.3, 0.4) is 0 Å². The molecule has 1 aliphatic rings. The topological polar surface area (TPSA) is 50.5 Å². The van der Waals surface area contributed by atoms with Gasteiger partial charge in [-0.25, -0.2) is 0 Å². The highest BCUT2D eigenvalue weighted by atomic mass is 79.9. The van der Waals surface area contributed by atoms with Crippen LogP contribution in [0.15, 0.2) is 92.5 Å². The molecule has 0 fully saturated rings. The van der Waals surface area contributed by atoms with Crippen LogP contribution >= 0.6 is 15.9 Å². The summed E-state index contributed by atoms with van der Waals surface area (Å²) in [5.74, 6) is -0.133. The molecule has 0 spiro atoms. The van der Waals surface area contributed by atoms with E-state index in [-0.39, 0.29) is 17.1 Å². The van der Waals surface area contributed by atoms with Gasteiger partial charge in [-0.15, -0.1) is 0 Å². The van der Waals surface area contributed by atoms with Crippen molar-refractivity contribution in [1.29, 1.82) is 0 Å². The molecule has 29 heavy (non-hydrogen) atoms. The SMILES string of the molecule is O=C1c2oc3ccccc3c(=O)c2C(c2cccc(Br)c2)N1Cc1ccccc1. The molecule has 3 aromatic carbocycles. The van der Waals surface area contributed by atoms with E-state index < -0.39 is 6.04 Å². The van der Waals surface area contributed by atoms with Gasteiger partial charge in [0.1, 0.15) is 5.58 Å². The van der Waals surface area contributed by atoms with Crippen molar-refractivity contribution >= 4 is 32.8 Å². The molecule has 1 atom stereocenters. The lowest BCUT2D eigenvalue weighted by molar-refractivity contribution is 0.0714. The van der Waals surface area contributed by atoms with Gasteiger partial charge in [-0.05, 0) is 35.4 Å². The minimum absolute atomic E-state index is 0.134. The number of halogens is 1. The molecule has 0 N–H and O–H groups in total. The van der Waals surface area contributed by atoms with Crippen molar-refractivity contribution in [1.82, 2.24) is 4.90 Å². The predicted molar refractivity (Wildman–Crippen MR) is 115 cm³/mol. The monoisotopic (exact) mass is 445 g/mol. The van der Waals surface area contributed by atoms with Crippen LogP contribution < -0.4 is 5.43 Å². The number of hydrogen-bond donors (Lipinski definition) is 0. The van der Waals surface area contributed by atoms with Crippen LogP contribution in [0, 0.1) is 0 Å². The summed E-state index contributed by atoms with van der Waals surface area (Å²) in [7, 11) is 0. The van der Waals surface area contributed by atoms with E-state index in [1.54, 1.807) is 29.2 Å². The fraction of sp³-hybridized carbons (Fsp3) is 0.0833. The third kappa shape index (κ3) is 2.98. The highest BCUT2D eigenvalue weighted by Crippen LogP contribution is 2.39. The Hall–Kier alpha value is -3.18. The third-order valence-corrected chi connectivity index (χ3v) is 5.73. The Labute approximate surface area is 175 Å². The molecular weight excluding hydrogens is 430 g/mol. The van der Waals surface area contributed by atoms with Crippen molar-refractivity contribution in [3.8, 4) is 0 Å². The molecule has 142 valence electrons. The Balaban J connectivity index is 1.74. The van der Waals surface area contributed by atoms with Crippen LogP contribution in [0.5, 0.6) is 0 Å². The van der Waals surface area contributed by atoms with Crippen LogP contribution in [-0.2, 0) is 6.54 Å². The summed E-state index contributed by atoms with van der Waals surface area (Å²) in [6, 6.07) is 24.0. The largest absolute Gasteiger partial charge is 0.450 e. The minimum atomic E-state index is -0.504. The Morgan fingerprint density at radius 1 is 0.897 bits per heavy atom. The van der Waals surface area contributed by atoms with Gasteiger partial charge in [-0.2, -0.15) is 0 Å². The molecule has 4 nitrogen and oxygen atoms in total. The standard InChI is InChI=1S/C24H16BrNO3/c25-17-10-6-9-16(13-17)21-20-22(27)18-11-4-5-12-19(18)29-23(20)24(28)26(21)14-15-7-2-1-3-8-15/h1-13,21H,14H2. The van der Waals surface area contributed by atoms with Crippen molar-refractivity contribution < 1.29 is 9.21 Å². The number of para-hydroxylation sites is 1. The van der Waals surface area contributed by atoms with Gasteiger partial charge in [-0.3, -0.25) is 9.59 Å². The first-order valence-electron chi connectivity index (χ1n) is 9.29. The maximum atomic E-state index is 13.4. The van der Waals surface area contributed by atoms with Gasteiger partial charge in [0.25, 0.3) is 5.91 Å². The lowest BCUT2D eigenvalue weighted by atomic mass is 9.98. The normalized spacial score (nSPS) is 15.7. The van der Waals surface area contributed by atoms with Crippen molar-refractivity contribution in [3.05, 3.63) is 116 Å². The number of carbonyl (C=O) groups excluding carboxylic acids is 1. The minimum Gasteiger partial charge on any atom is -0.450 e. The number of carbonyl (C=O) groups is 1. The fourth-order valence-electron chi connectivity index (χ4n) is 3.93. The number of fused-ring (bicyclic) bond motifs is 2. The number of rotatable bonds is 3. The molecule has 0 saturated heterocycles. The molecule has 1 amide bonds. The van der Waals surface area contributed by atoms with Crippen molar-refractivity contribution in [2.75, 3.05) is 0 Å². The molecule has 4 aromatic rings. The Bertz CT molecular complexity index is 1300. The summed E-state index contributed by atoms with van der Waals surface area (Å²) in [6.07, 6.45) is 0. The van der Waals surface area contributed by atoms with Gasteiger partial charge in [0.05, 0.1) is 17.0 Å². The van der Waals surface area contributed by atoms with E-state index >= 15 is 0 Å². The lowest BCUT2D eigenvalue weighted by Crippen LogP contribution is -2.29. The molecule has 5 rings (SSSR count). The second kappa shape index (κ2) is 7.01. The summed E-state index contributed by atoms with van der Waals surface area (Å²) >= 11 is 3.50. The van der Waals surface area contributed by atoms with Crippen molar-refractivity contribution in [2.45, 2.75) is 12.6 Å². The summed E-state index contributed by atoms with van der Waals surface area (Å²) < 4.78 is 6.83. The van der Waals surface area contributed by atoms with Crippen LogP contribution in [0.4, 0.5) is 0 Å². The molecular formula is C24H16BrNO3. The first-order valence-corrected chi connectivity index (χ1v) is 10.1. The predicted octanol–water partition coefficient (Wildman–Crippen LogP) is 5.30. The second-order valence-corrected chi connectivity index (χ2v) is 7.96. The van der Waals surface area contributed by atoms with Gasteiger partial charge >= 0.3 is 0 Å². The Morgan fingerprint density at radius 2 is 1.66 bits per heavy atom. The smallest absolute Gasteiger partial charge is 0.291 e. The molecule has 0 aliphatic carbocycles. The average molecular weight is 446 g/mol. The van der Waals surface area contributed by atoms with Gasteiger partial charge in [-0.1, -0.05) is 70.5 Å². The zero-order chi connectivity index (χ0) is 20.0. The maximum Gasteiger partial charge on any atom is 0.291 e. The highest BCUT2D eigenvalue weighted by Gasteiger charge is 2.42. The molecule has 1 aliphatic heterocycles. The van der Waals surface area contributed by atoms with Gasteiger partial charge < -0.3 is 9.32 Å². The van der Waals surface area contributed by atoms with Crippen LogP contribution in [-0.4, -0.2) is 10.8 Å². The molecule has 0 radical (unpaired) electrons. The van der Waals surface area contributed by atoms with Crippen LogP contribution in [0.1, 0.15) is 33.3 Å². The summed E-state index contributed by atoms with van der Waals surface area (Å²) in [5.41, 5.74) is 2.54. The van der Waals surface area contributed by atoms with E-state index in [1.807, 2.05) is 54.6 Å². The zero-order valence-corrected chi connectivity index (χ0v) is 16.9. The number of hydrogen-bond acceptors (Lipinski definition) is 3. The summed E-state index contributed by atoms with van der Waals surface area (Å²) in [5, 5.41) is 0.487. The van der Waals surface area contributed by atoms with E-state index in [4.69, 9.17) is 4.42 Å². The first kappa shape index (κ1) is 17.9.